The smallest absolute Gasteiger partial charge is 0.327 e. The van der Waals surface area contributed by atoms with Crippen molar-refractivity contribution in [1.82, 2.24) is 0 Å². The molecule has 2 nitrogen and oxygen atoms in total. The maximum Gasteiger partial charge on any atom is 0.327 e. The second-order valence-electron chi connectivity index (χ2n) is 0.542. The van der Waals surface area contributed by atoms with E-state index in [1.807, 2.05) is 0 Å². The van der Waals surface area contributed by atoms with E-state index in [2.05, 4.69) is 6.58 Å². The van der Waals surface area contributed by atoms with Crippen molar-refractivity contribution in [2.45, 2.75) is 0 Å². The van der Waals surface area contributed by atoms with Gasteiger partial charge in [-0.15, -0.1) is 0 Å². The summed E-state index contributed by atoms with van der Waals surface area (Å²) in [6.07, 6.45) is 0.833. The minimum absolute atomic E-state index is 0. The third-order valence-corrected chi connectivity index (χ3v) is 0.175. The summed E-state index contributed by atoms with van der Waals surface area (Å²) in [6.45, 7) is 2.96. The first kappa shape index (κ1) is 15.8. The van der Waals surface area contributed by atoms with Crippen LogP contribution in [0.1, 0.15) is 0 Å². The van der Waals surface area contributed by atoms with Crippen molar-refractivity contribution in [2.75, 3.05) is 0 Å². The van der Waals surface area contributed by atoms with Crippen LogP contribution in [0.3, 0.4) is 0 Å². The summed E-state index contributed by atoms with van der Waals surface area (Å²) in [4.78, 5) is 9.25. The van der Waals surface area contributed by atoms with Gasteiger partial charge in [0, 0.05) is 25.6 Å². The van der Waals surface area contributed by atoms with E-state index in [9.17, 15) is 4.79 Å². The van der Waals surface area contributed by atoms with Gasteiger partial charge in [-0.2, -0.15) is 0 Å². The Bertz CT molecular complexity index is 60.7. The topological polar surface area (TPSA) is 37.3 Å². The van der Waals surface area contributed by atoms with Crippen molar-refractivity contribution >= 4 is 5.97 Å². The second kappa shape index (κ2) is 9.27. The summed E-state index contributed by atoms with van der Waals surface area (Å²) in [6, 6.07) is 0. The van der Waals surface area contributed by atoms with Crippen molar-refractivity contribution < 1.29 is 29.4 Å². The van der Waals surface area contributed by atoms with Crippen LogP contribution in [0.4, 0.5) is 0 Å². The van der Waals surface area contributed by atoms with Gasteiger partial charge in [0.2, 0.25) is 0 Å². The van der Waals surface area contributed by atoms with Crippen LogP contribution in [0.15, 0.2) is 12.7 Å². The molecule has 0 fully saturated rings. The van der Waals surface area contributed by atoms with Gasteiger partial charge in [0.15, 0.2) is 0 Å². The summed E-state index contributed by atoms with van der Waals surface area (Å²) in [5.74, 6) is -0.981. The molecule has 0 aromatic carbocycles. The Labute approximate surface area is 56.0 Å². The van der Waals surface area contributed by atoms with Gasteiger partial charge in [-0.05, 0) is 0 Å². The normalized spacial score (nSPS) is 4.57. The Morgan fingerprint density at radius 3 is 1.86 bits per heavy atom. The van der Waals surface area contributed by atoms with Gasteiger partial charge in [0.1, 0.15) is 0 Å². The molecule has 0 rings (SSSR count). The van der Waals surface area contributed by atoms with E-state index in [4.69, 9.17) is 5.11 Å². The molecule has 0 aromatic rings. The Morgan fingerprint density at radius 2 is 1.86 bits per heavy atom. The van der Waals surface area contributed by atoms with Crippen LogP contribution in [-0.4, -0.2) is 11.1 Å². The zero-order valence-electron chi connectivity index (χ0n) is 4.35. The molecule has 1 N–H and O–H groups in total. The third-order valence-electron chi connectivity index (χ3n) is 0.175. The molecular weight excluding hydrogens is 145 g/mol. The van der Waals surface area contributed by atoms with E-state index in [1.165, 1.54) is 0 Å². The van der Waals surface area contributed by atoms with E-state index in [0.29, 0.717) is 0 Å². The maximum atomic E-state index is 9.25. The fourth-order valence-electron chi connectivity index (χ4n) is 0. The fraction of sp³-hybridized carbons (Fsp3) is 0. The van der Waals surface area contributed by atoms with Crippen molar-refractivity contribution in [1.29, 1.82) is 0 Å². The second-order valence-corrected chi connectivity index (χ2v) is 0.542. The van der Waals surface area contributed by atoms with Crippen LogP contribution in [0.5, 0.6) is 0 Å². The Hall–Kier alpha value is -0.167. The van der Waals surface area contributed by atoms with Crippen molar-refractivity contribution in [2.24, 2.45) is 0 Å². The molecule has 0 unspecified atom stereocenters. The predicted octanol–water partition coefficient (Wildman–Crippen LogP) is 0.705. The molecule has 0 radical (unpaired) electrons. The molecule has 38 valence electrons. The molecule has 0 aliphatic heterocycles. The van der Waals surface area contributed by atoms with E-state index in [-0.39, 0.29) is 26.9 Å². The van der Waals surface area contributed by atoms with Crippen LogP contribution < -0.4 is 0 Å². The standard InChI is InChI=1S/C3H4O2.CH3.Zn/c1-2-3(4)5;;/h2H,1H2,(H,4,5);1H3;/q;-1;. The SMILES string of the molecule is C=CC(=O)O.[CH3-].[Zn]. The molecule has 0 atom stereocenters. The molecule has 0 amide bonds. The first-order valence-corrected chi connectivity index (χ1v) is 1.12. The van der Waals surface area contributed by atoms with Gasteiger partial charge in [0.25, 0.3) is 0 Å². The van der Waals surface area contributed by atoms with Crippen LogP contribution in [0, 0.1) is 7.43 Å². The average Bonchev–Trinajstić information content (AvgIpc) is 1.38. The Balaban J connectivity index is -0.0000000800. The summed E-state index contributed by atoms with van der Waals surface area (Å²) in [7, 11) is 0. The fourth-order valence-corrected chi connectivity index (χ4v) is 0. The van der Waals surface area contributed by atoms with Crippen LogP contribution >= 0.6 is 0 Å². The molecule has 7 heavy (non-hydrogen) atoms. The van der Waals surface area contributed by atoms with Gasteiger partial charge in [-0.25, -0.2) is 4.79 Å². The number of carboxylic acid groups (broad SMARTS) is 1. The number of hydrogen-bond acceptors (Lipinski definition) is 1. The Kier molecular flexibility index (Phi) is 21.0. The number of hydrogen-bond donors (Lipinski definition) is 1. The molecule has 0 bridgehead atoms. The molecule has 0 saturated heterocycles. The molecule has 3 heteroatoms. The van der Waals surface area contributed by atoms with Gasteiger partial charge in [0.05, 0.1) is 0 Å². The zero-order valence-corrected chi connectivity index (χ0v) is 7.31. The van der Waals surface area contributed by atoms with Gasteiger partial charge in [-0.3, -0.25) is 0 Å². The summed E-state index contributed by atoms with van der Waals surface area (Å²) < 4.78 is 0. The molecule has 0 aromatic heterocycles. The largest absolute Gasteiger partial charge is 0.478 e. The molecule has 0 aliphatic carbocycles. The number of carboxylic acids is 1. The maximum absolute atomic E-state index is 9.25. The quantitative estimate of drug-likeness (QED) is 0.341. The first-order valence-electron chi connectivity index (χ1n) is 1.12. The van der Waals surface area contributed by atoms with E-state index >= 15 is 0 Å². The average molecular weight is 152 g/mol. The van der Waals surface area contributed by atoms with E-state index in [1.54, 1.807) is 0 Å². The van der Waals surface area contributed by atoms with E-state index < -0.39 is 5.97 Å². The van der Waals surface area contributed by atoms with Crippen molar-refractivity contribution in [3.05, 3.63) is 20.1 Å². The molecule has 0 saturated carbocycles. The Morgan fingerprint density at radius 1 is 1.71 bits per heavy atom. The molecule has 0 aliphatic rings. The zero-order chi connectivity index (χ0) is 4.28. The van der Waals surface area contributed by atoms with E-state index in [0.717, 1.165) is 6.08 Å². The number of carbonyl (C=O) groups is 1. The van der Waals surface area contributed by atoms with Gasteiger partial charge < -0.3 is 12.5 Å². The molecular formula is C4H7O2Zn-. The van der Waals surface area contributed by atoms with Crippen molar-refractivity contribution in [3.63, 3.8) is 0 Å². The van der Waals surface area contributed by atoms with Crippen LogP contribution in [-0.2, 0) is 24.3 Å². The molecule has 0 heterocycles. The summed E-state index contributed by atoms with van der Waals surface area (Å²) >= 11 is 0. The van der Waals surface area contributed by atoms with Crippen LogP contribution in [0.2, 0.25) is 0 Å². The summed E-state index contributed by atoms with van der Waals surface area (Å²) in [5.41, 5.74) is 0. The minimum Gasteiger partial charge on any atom is -0.478 e. The third kappa shape index (κ3) is 25.5. The van der Waals surface area contributed by atoms with Gasteiger partial charge in [-0.1, -0.05) is 6.58 Å². The van der Waals surface area contributed by atoms with Crippen molar-refractivity contribution in [3.8, 4) is 0 Å². The minimum atomic E-state index is -0.981. The van der Waals surface area contributed by atoms with Crippen LogP contribution in [0.25, 0.3) is 0 Å². The van der Waals surface area contributed by atoms with Gasteiger partial charge >= 0.3 is 5.97 Å². The predicted molar refractivity (Wildman–Crippen MR) is 24.2 cm³/mol. The first-order chi connectivity index (χ1) is 2.27. The summed E-state index contributed by atoms with van der Waals surface area (Å²) in [5, 5.41) is 7.60. The monoisotopic (exact) mass is 151 g/mol. The number of rotatable bonds is 1. The number of aliphatic carboxylic acids is 1. The molecule has 0 spiro atoms.